The van der Waals surface area contributed by atoms with Crippen molar-refractivity contribution in [2.75, 3.05) is 13.7 Å². The lowest BCUT2D eigenvalue weighted by Gasteiger charge is -2.33. The summed E-state index contributed by atoms with van der Waals surface area (Å²) < 4.78 is 15.2. The summed E-state index contributed by atoms with van der Waals surface area (Å²) in [6.45, 7) is 9.21. The molecule has 1 aromatic carbocycles. The Morgan fingerprint density at radius 3 is 2.17 bits per heavy atom. The first-order chi connectivity index (χ1) is 13.4. The van der Waals surface area contributed by atoms with Crippen molar-refractivity contribution < 1.29 is 28.6 Å². The molecular weight excluding hydrogens is 376 g/mol. The summed E-state index contributed by atoms with van der Waals surface area (Å²) >= 11 is 0. The van der Waals surface area contributed by atoms with Crippen LogP contribution in [-0.2, 0) is 25.6 Å². The van der Waals surface area contributed by atoms with Crippen molar-refractivity contribution in [1.82, 2.24) is 10.6 Å². The first-order valence-corrected chi connectivity index (χ1v) is 9.46. The highest BCUT2D eigenvalue weighted by molar-refractivity contribution is 5.82. The molecule has 0 saturated carbocycles. The van der Waals surface area contributed by atoms with Crippen LogP contribution in [0.2, 0.25) is 0 Å². The molecule has 0 aromatic heterocycles. The molecule has 2 N–H and O–H groups in total. The minimum Gasteiger partial charge on any atom is -0.467 e. The Morgan fingerprint density at radius 1 is 1.00 bits per heavy atom. The van der Waals surface area contributed by atoms with E-state index in [0.29, 0.717) is 6.42 Å². The number of alkyl carbamates (subject to hydrolysis) is 2. The average Bonchev–Trinajstić information content (AvgIpc) is 2.63. The lowest BCUT2D eigenvalue weighted by molar-refractivity contribution is -0.146. The summed E-state index contributed by atoms with van der Waals surface area (Å²) in [5, 5.41) is 5.22. The van der Waals surface area contributed by atoms with Gasteiger partial charge in [0.1, 0.15) is 18.2 Å². The molecule has 0 aliphatic rings. The molecule has 0 saturated heterocycles. The maximum Gasteiger partial charge on any atom is 0.408 e. The molecule has 0 heterocycles. The molecule has 2 amide bonds. The van der Waals surface area contributed by atoms with Gasteiger partial charge in [-0.1, -0.05) is 44.2 Å². The van der Waals surface area contributed by atoms with Crippen LogP contribution >= 0.6 is 0 Å². The number of benzene rings is 1. The number of esters is 1. The van der Waals surface area contributed by atoms with E-state index in [0.717, 1.165) is 5.56 Å². The highest BCUT2D eigenvalue weighted by Gasteiger charge is 2.38. The fourth-order valence-corrected chi connectivity index (χ4v) is 2.52. The van der Waals surface area contributed by atoms with Gasteiger partial charge in [0.05, 0.1) is 7.11 Å². The second kappa shape index (κ2) is 10.7. The molecule has 1 atom stereocenters. The Balaban J connectivity index is 2.57. The molecule has 8 nitrogen and oxygen atoms in total. The molecule has 0 radical (unpaired) electrons. The zero-order valence-corrected chi connectivity index (χ0v) is 18.0. The number of carbonyl (C=O) groups is 3. The first kappa shape index (κ1) is 24.3. The summed E-state index contributed by atoms with van der Waals surface area (Å²) in [6, 6.07) is 8.39. The van der Waals surface area contributed by atoms with Gasteiger partial charge in [0.25, 0.3) is 0 Å². The lowest BCUT2D eigenvalue weighted by Crippen LogP contribution is -2.52. The molecule has 0 unspecified atom stereocenters. The molecule has 162 valence electrons. The summed E-state index contributed by atoms with van der Waals surface area (Å²) in [5.41, 5.74) is -0.523. The van der Waals surface area contributed by atoms with E-state index in [1.165, 1.54) is 7.11 Å². The van der Waals surface area contributed by atoms with Gasteiger partial charge in [0.2, 0.25) is 0 Å². The third-order valence-corrected chi connectivity index (χ3v) is 4.13. The summed E-state index contributed by atoms with van der Waals surface area (Å²) in [4.78, 5) is 36.2. The molecular formula is C21H32N2O6. The third kappa shape index (κ3) is 9.32. The van der Waals surface area contributed by atoms with Gasteiger partial charge in [0.15, 0.2) is 0 Å². The van der Waals surface area contributed by atoms with Gasteiger partial charge in [-0.3, -0.25) is 0 Å². The van der Waals surface area contributed by atoms with Gasteiger partial charge in [-0.2, -0.15) is 0 Å². The highest BCUT2D eigenvalue weighted by Crippen LogP contribution is 2.26. The molecule has 0 bridgehead atoms. The van der Waals surface area contributed by atoms with Crippen molar-refractivity contribution >= 4 is 18.2 Å². The molecule has 1 aromatic rings. The van der Waals surface area contributed by atoms with Crippen molar-refractivity contribution in [1.29, 1.82) is 0 Å². The van der Waals surface area contributed by atoms with Gasteiger partial charge in [-0.05, 0) is 38.2 Å². The van der Waals surface area contributed by atoms with Crippen LogP contribution in [0, 0.1) is 5.41 Å². The van der Waals surface area contributed by atoms with Crippen molar-refractivity contribution in [2.24, 2.45) is 5.41 Å². The Kier molecular flexibility index (Phi) is 8.94. The highest BCUT2D eigenvalue weighted by atomic mass is 16.6. The molecule has 0 spiro atoms. The third-order valence-electron chi connectivity index (χ3n) is 4.13. The minimum absolute atomic E-state index is 0.168. The largest absolute Gasteiger partial charge is 0.467 e. The topological polar surface area (TPSA) is 103 Å². The standard InChI is InChI=1S/C21H32N2O6/c1-20(2,3)29-19(26)23-16(17(24)27-6)21(4,5)12-13-22-18(25)28-14-15-10-8-7-9-11-15/h7-11,16H,12-14H2,1-6H3,(H,22,25)(H,23,26)/t16-/m0/s1. The van der Waals surface area contributed by atoms with E-state index in [4.69, 9.17) is 14.2 Å². The maximum atomic E-state index is 12.2. The lowest BCUT2D eigenvalue weighted by atomic mass is 9.81. The van der Waals surface area contributed by atoms with Crippen LogP contribution in [0.15, 0.2) is 30.3 Å². The number of hydrogen-bond acceptors (Lipinski definition) is 6. The van der Waals surface area contributed by atoms with Crippen LogP contribution in [0.1, 0.15) is 46.6 Å². The Morgan fingerprint density at radius 2 is 1.62 bits per heavy atom. The summed E-state index contributed by atoms with van der Waals surface area (Å²) in [6.07, 6.45) is -0.876. The molecule has 0 fully saturated rings. The quantitative estimate of drug-likeness (QED) is 0.505. The van der Waals surface area contributed by atoms with Gasteiger partial charge in [-0.25, -0.2) is 14.4 Å². The van der Waals surface area contributed by atoms with Crippen LogP contribution in [-0.4, -0.2) is 43.5 Å². The SMILES string of the molecule is COC(=O)[C@H](NC(=O)OC(C)(C)C)C(C)(C)CCNC(=O)OCc1ccccc1. The molecule has 29 heavy (non-hydrogen) atoms. The monoisotopic (exact) mass is 408 g/mol. The van der Waals surface area contributed by atoms with E-state index in [1.54, 1.807) is 34.6 Å². The van der Waals surface area contributed by atoms with Crippen molar-refractivity contribution in [2.45, 2.75) is 59.3 Å². The number of hydrogen-bond donors (Lipinski definition) is 2. The van der Waals surface area contributed by atoms with Crippen LogP contribution < -0.4 is 10.6 Å². The van der Waals surface area contributed by atoms with Crippen molar-refractivity contribution in [3.8, 4) is 0 Å². The zero-order valence-electron chi connectivity index (χ0n) is 18.0. The number of nitrogens with one attached hydrogen (secondary N) is 2. The van der Waals surface area contributed by atoms with E-state index < -0.39 is 35.2 Å². The van der Waals surface area contributed by atoms with E-state index in [1.807, 2.05) is 30.3 Å². The van der Waals surface area contributed by atoms with Crippen molar-refractivity contribution in [3.63, 3.8) is 0 Å². The van der Waals surface area contributed by atoms with Crippen LogP contribution in [0.3, 0.4) is 0 Å². The van der Waals surface area contributed by atoms with Gasteiger partial charge < -0.3 is 24.8 Å². The first-order valence-electron chi connectivity index (χ1n) is 9.46. The zero-order chi connectivity index (χ0) is 22.1. The van der Waals surface area contributed by atoms with Crippen LogP contribution in [0.4, 0.5) is 9.59 Å². The summed E-state index contributed by atoms with van der Waals surface area (Å²) in [5.74, 6) is -0.590. The fraction of sp³-hybridized carbons (Fsp3) is 0.571. The average molecular weight is 408 g/mol. The maximum absolute atomic E-state index is 12.2. The Bertz CT molecular complexity index is 682. The van der Waals surface area contributed by atoms with E-state index in [2.05, 4.69) is 10.6 Å². The van der Waals surface area contributed by atoms with Crippen LogP contribution in [0.25, 0.3) is 0 Å². The molecule has 1 rings (SSSR count). The predicted octanol–water partition coefficient (Wildman–Crippen LogP) is 3.40. The van der Waals surface area contributed by atoms with E-state index in [9.17, 15) is 14.4 Å². The van der Waals surface area contributed by atoms with Gasteiger partial charge >= 0.3 is 18.2 Å². The number of methoxy groups -OCH3 is 1. The van der Waals surface area contributed by atoms with Gasteiger partial charge in [0, 0.05) is 6.54 Å². The molecule has 0 aliphatic heterocycles. The van der Waals surface area contributed by atoms with E-state index in [-0.39, 0.29) is 13.2 Å². The minimum atomic E-state index is -0.940. The van der Waals surface area contributed by atoms with Crippen molar-refractivity contribution in [3.05, 3.63) is 35.9 Å². The second-order valence-corrected chi connectivity index (χ2v) is 8.33. The smallest absolute Gasteiger partial charge is 0.408 e. The van der Waals surface area contributed by atoms with Crippen LogP contribution in [0.5, 0.6) is 0 Å². The van der Waals surface area contributed by atoms with E-state index >= 15 is 0 Å². The number of amides is 2. The van der Waals surface area contributed by atoms with Gasteiger partial charge in [-0.15, -0.1) is 0 Å². The molecule has 8 heteroatoms. The number of carbonyl (C=O) groups excluding carboxylic acids is 3. The molecule has 0 aliphatic carbocycles. The number of ether oxygens (including phenoxy) is 3. The number of rotatable bonds is 8. The fourth-order valence-electron chi connectivity index (χ4n) is 2.52. The predicted molar refractivity (Wildman–Crippen MR) is 108 cm³/mol. The Labute approximate surface area is 172 Å². The Hall–Kier alpha value is -2.77. The summed E-state index contributed by atoms with van der Waals surface area (Å²) in [7, 11) is 1.25. The second-order valence-electron chi connectivity index (χ2n) is 8.33. The normalized spacial score (nSPS) is 12.5.